The second-order valence-corrected chi connectivity index (χ2v) is 4.89. The van der Waals surface area contributed by atoms with Crippen molar-refractivity contribution in [3.05, 3.63) is 11.8 Å². The second-order valence-electron chi connectivity index (χ2n) is 3.79. The average Bonchev–Trinajstić information content (AvgIpc) is 1.96. The fraction of sp³-hybridized carbons (Fsp3) is 0.667. The number of ether oxygens (including phenoxy) is 1. The molecule has 0 aliphatic heterocycles. The van der Waals surface area contributed by atoms with Gasteiger partial charge in [0.05, 0.1) is 7.11 Å². The summed E-state index contributed by atoms with van der Waals surface area (Å²) in [6.07, 6.45) is 1.25. The molecule has 0 bridgehead atoms. The predicted octanol–water partition coefficient (Wildman–Crippen LogP) is 2.24. The molecule has 0 heterocycles. The van der Waals surface area contributed by atoms with Gasteiger partial charge in [0, 0.05) is 11.6 Å². The lowest BCUT2D eigenvalue weighted by molar-refractivity contribution is -0.118. The van der Waals surface area contributed by atoms with Crippen molar-refractivity contribution in [3.8, 4) is 0 Å². The fourth-order valence-electron chi connectivity index (χ4n) is 0.746. The van der Waals surface area contributed by atoms with Crippen molar-refractivity contribution in [2.75, 3.05) is 7.11 Å². The molecule has 0 aliphatic carbocycles. The number of halogens is 2. The van der Waals surface area contributed by atoms with E-state index in [4.69, 9.17) is 27.9 Å². The fourth-order valence-corrected chi connectivity index (χ4v) is 1.05. The summed E-state index contributed by atoms with van der Waals surface area (Å²) in [6, 6.07) is 0. The number of methoxy groups -OCH3 is 1. The van der Waals surface area contributed by atoms with Gasteiger partial charge in [-0.2, -0.15) is 0 Å². The molecule has 0 aromatic rings. The summed E-state index contributed by atoms with van der Waals surface area (Å²) in [5.41, 5.74) is -0.291. The third-order valence-corrected chi connectivity index (χ3v) is 1.65. The van der Waals surface area contributed by atoms with E-state index in [0.717, 1.165) is 0 Å². The van der Waals surface area contributed by atoms with Gasteiger partial charge in [-0.3, -0.25) is 4.79 Å². The van der Waals surface area contributed by atoms with Crippen molar-refractivity contribution in [2.45, 2.75) is 31.1 Å². The third-order valence-electron chi connectivity index (χ3n) is 1.22. The van der Waals surface area contributed by atoms with Crippen LogP contribution >= 0.6 is 23.2 Å². The van der Waals surface area contributed by atoms with Crippen molar-refractivity contribution in [1.82, 2.24) is 5.32 Å². The molecule has 0 aromatic heterocycles. The quantitative estimate of drug-likeness (QED) is 0.466. The molecule has 0 unspecified atom stereocenters. The van der Waals surface area contributed by atoms with Gasteiger partial charge in [-0.25, -0.2) is 0 Å². The Morgan fingerprint density at radius 2 is 1.93 bits per heavy atom. The molecule has 0 fully saturated rings. The van der Waals surface area contributed by atoms with Crippen LogP contribution in [0, 0.1) is 0 Å². The van der Waals surface area contributed by atoms with Crippen LogP contribution in [0.25, 0.3) is 0 Å². The molecule has 1 amide bonds. The predicted molar refractivity (Wildman–Crippen MR) is 58.5 cm³/mol. The Hall–Kier alpha value is -0.410. The maximum absolute atomic E-state index is 11.3. The summed E-state index contributed by atoms with van der Waals surface area (Å²) in [4.78, 5) is 10.5. The van der Waals surface area contributed by atoms with E-state index in [1.54, 1.807) is 0 Å². The molecule has 1 N–H and O–H groups in total. The van der Waals surface area contributed by atoms with E-state index in [9.17, 15) is 4.79 Å². The standard InChI is InChI=1S/C9H15Cl2NO2/c1-9(2,3)12-7(13)5-6(14-4)8(10)11/h5,8H,1-4H3,(H,12,13)/b6-5+. The maximum Gasteiger partial charge on any atom is 0.247 e. The van der Waals surface area contributed by atoms with Crippen LogP contribution < -0.4 is 5.32 Å². The van der Waals surface area contributed by atoms with E-state index < -0.39 is 4.84 Å². The number of amides is 1. The highest BCUT2D eigenvalue weighted by atomic mass is 35.5. The van der Waals surface area contributed by atoms with Gasteiger partial charge < -0.3 is 10.1 Å². The average molecular weight is 240 g/mol. The van der Waals surface area contributed by atoms with Gasteiger partial charge in [0.1, 0.15) is 5.76 Å². The highest BCUT2D eigenvalue weighted by Crippen LogP contribution is 2.14. The molecule has 0 saturated heterocycles. The highest BCUT2D eigenvalue weighted by molar-refractivity contribution is 6.46. The molecular formula is C9H15Cl2NO2. The molecule has 3 nitrogen and oxygen atoms in total. The van der Waals surface area contributed by atoms with Gasteiger partial charge in [0.25, 0.3) is 0 Å². The molecule has 0 aromatic carbocycles. The van der Waals surface area contributed by atoms with Gasteiger partial charge in [-0.05, 0) is 20.8 Å². The van der Waals surface area contributed by atoms with Crippen LogP contribution in [0.1, 0.15) is 20.8 Å². The van der Waals surface area contributed by atoms with Crippen LogP contribution in [0.5, 0.6) is 0 Å². The minimum absolute atomic E-state index is 0.232. The van der Waals surface area contributed by atoms with Gasteiger partial charge in [-0.15, -0.1) is 0 Å². The topological polar surface area (TPSA) is 38.3 Å². The molecule has 14 heavy (non-hydrogen) atoms. The van der Waals surface area contributed by atoms with Gasteiger partial charge in [-0.1, -0.05) is 23.2 Å². The molecule has 0 aliphatic rings. The minimum Gasteiger partial charge on any atom is -0.498 e. The number of carbonyl (C=O) groups is 1. The number of hydrogen-bond donors (Lipinski definition) is 1. The van der Waals surface area contributed by atoms with Crippen molar-refractivity contribution >= 4 is 29.1 Å². The Morgan fingerprint density at radius 3 is 2.21 bits per heavy atom. The van der Waals surface area contributed by atoms with Crippen LogP contribution in [-0.4, -0.2) is 23.4 Å². The van der Waals surface area contributed by atoms with Gasteiger partial charge in [0.2, 0.25) is 5.91 Å². The van der Waals surface area contributed by atoms with Crippen LogP contribution in [0.4, 0.5) is 0 Å². The Balaban J connectivity index is 4.41. The molecule has 0 rings (SSSR count). The van der Waals surface area contributed by atoms with Crippen LogP contribution in [0.3, 0.4) is 0 Å². The van der Waals surface area contributed by atoms with Crippen molar-refractivity contribution in [3.63, 3.8) is 0 Å². The molecular weight excluding hydrogens is 225 g/mol. The molecule has 82 valence electrons. The van der Waals surface area contributed by atoms with Gasteiger partial charge in [0.15, 0.2) is 4.84 Å². The van der Waals surface area contributed by atoms with E-state index >= 15 is 0 Å². The van der Waals surface area contributed by atoms with E-state index in [0.29, 0.717) is 0 Å². The minimum atomic E-state index is -0.828. The van der Waals surface area contributed by atoms with Crippen LogP contribution in [0.2, 0.25) is 0 Å². The monoisotopic (exact) mass is 239 g/mol. The summed E-state index contributed by atoms with van der Waals surface area (Å²) < 4.78 is 4.83. The first-order valence-electron chi connectivity index (χ1n) is 4.12. The van der Waals surface area contributed by atoms with E-state index in [1.165, 1.54) is 13.2 Å². The first-order chi connectivity index (χ1) is 6.26. The first kappa shape index (κ1) is 13.6. The highest BCUT2D eigenvalue weighted by Gasteiger charge is 2.15. The van der Waals surface area contributed by atoms with E-state index in [2.05, 4.69) is 5.32 Å². The Bertz CT molecular complexity index is 231. The van der Waals surface area contributed by atoms with Crippen LogP contribution in [-0.2, 0) is 9.53 Å². The van der Waals surface area contributed by atoms with E-state index in [1.807, 2.05) is 20.8 Å². The van der Waals surface area contributed by atoms with Gasteiger partial charge >= 0.3 is 0 Å². The maximum atomic E-state index is 11.3. The normalized spacial score (nSPS) is 12.9. The lowest BCUT2D eigenvalue weighted by atomic mass is 10.1. The summed E-state index contributed by atoms with van der Waals surface area (Å²) in [7, 11) is 1.41. The lowest BCUT2D eigenvalue weighted by Gasteiger charge is -2.19. The smallest absolute Gasteiger partial charge is 0.247 e. The summed E-state index contributed by atoms with van der Waals surface area (Å²) in [5, 5.41) is 2.73. The van der Waals surface area contributed by atoms with E-state index in [-0.39, 0.29) is 17.2 Å². The molecule has 0 radical (unpaired) electrons. The Morgan fingerprint density at radius 1 is 1.43 bits per heavy atom. The Kier molecular flexibility index (Phi) is 5.31. The zero-order valence-corrected chi connectivity index (χ0v) is 10.2. The molecule has 0 atom stereocenters. The summed E-state index contributed by atoms with van der Waals surface area (Å²) in [6.45, 7) is 5.64. The number of hydrogen-bond acceptors (Lipinski definition) is 2. The summed E-state index contributed by atoms with van der Waals surface area (Å²) >= 11 is 11.1. The SMILES string of the molecule is CO/C(=C/C(=O)NC(C)(C)C)C(Cl)Cl. The van der Waals surface area contributed by atoms with Crippen molar-refractivity contribution < 1.29 is 9.53 Å². The molecule has 5 heteroatoms. The molecule has 0 spiro atoms. The van der Waals surface area contributed by atoms with Crippen molar-refractivity contribution in [1.29, 1.82) is 0 Å². The number of allylic oxidation sites excluding steroid dienone is 1. The lowest BCUT2D eigenvalue weighted by Crippen LogP contribution is -2.39. The number of alkyl halides is 2. The number of carbonyl (C=O) groups excluding carboxylic acids is 1. The zero-order valence-electron chi connectivity index (χ0n) is 8.73. The first-order valence-corrected chi connectivity index (χ1v) is 4.99. The van der Waals surface area contributed by atoms with Crippen molar-refractivity contribution in [2.24, 2.45) is 0 Å². The summed E-state index contributed by atoms with van der Waals surface area (Å²) in [5.74, 6) is -0.0456. The molecule has 0 saturated carbocycles. The zero-order chi connectivity index (χ0) is 11.4. The number of nitrogens with one attached hydrogen (secondary N) is 1. The third kappa shape index (κ3) is 6.11. The Labute approximate surface area is 94.4 Å². The second kappa shape index (κ2) is 5.47. The number of rotatable bonds is 3. The van der Waals surface area contributed by atoms with Crippen LogP contribution in [0.15, 0.2) is 11.8 Å². The largest absolute Gasteiger partial charge is 0.498 e.